The molecule has 0 spiro atoms. The van der Waals surface area contributed by atoms with Gasteiger partial charge in [-0.25, -0.2) is 0 Å². The molecule has 0 radical (unpaired) electrons. The largest absolute Gasteiger partial charge is 0.376 e. The Labute approximate surface area is 160 Å². The second-order valence-electron chi connectivity index (χ2n) is 6.32. The first-order valence-electron chi connectivity index (χ1n) is 8.78. The van der Waals surface area contributed by atoms with Crippen molar-refractivity contribution in [2.24, 2.45) is 0 Å². The zero-order valence-electron chi connectivity index (χ0n) is 15.1. The predicted octanol–water partition coefficient (Wildman–Crippen LogP) is 2.59. The van der Waals surface area contributed by atoms with Gasteiger partial charge in [0.15, 0.2) is 0 Å². The van der Waals surface area contributed by atoms with Crippen LogP contribution in [0.5, 0.6) is 0 Å². The summed E-state index contributed by atoms with van der Waals surface area (Å²) in [5.74, 6) is -0.582. The molecule has 142 valence electrons. The van der Waals surface area contributed by atoms with Crippen molar-refractivity contribution in [2.45, 2.75) is 23.8 Å². The molecule has 0 aromatic heterocycles. The third-order valence-corrected chi connectivity index (χ3v) is 5.32. The fourth-order valence-electron chi connectivity index (χ4n) is 2.89. The number of para-hydroxylation sites is 1. The number of rotatable bonds is 6. The van der Waals surface area contributed by atoms with Gasteiger partial charge < -0.3 is 15.4 Å². The molecule has 7 heteroatoms. The number of hydrogen-bond donors (Lipinski definition) is 2. The van der Waals surface area contributed by atoms with E-state index in [1.807, 2.05) is 0 Å². The van der Waals surface area contributed by atoms with Crippen molar-refractivity contribution >= 4 is 28.3 Å². The van der Waals surface area contributed by atoms with Crippen molar-refractivity contribution in [1.29, 1.82) is 0 Å². The van der Waals surface area contributed by atoms with E-state index in [1.165, 1.54) is 0 Å². The molecular formula is C20H22N2O4S. The molecule has 2 unspecified atom stereocenters. The first-order chi connectivity index (χ1) is 13.0. The van der Waals surface area contributed by atoms with Crippen LogP contribution in [0.1, 0.15) is 33.6 Å². The van der Waals surface area contributed by atoms with Gasteiger partial charge in [0.05, 0.1) is 17.4 Å². The number of benzene rings is 2. The SMILES string of the molecule is CS(=O)c1ccc(C(=O)Nc2ccccc2C(=O)NCC2CCCO2)cc1. The lowest BCUT2D eigenvalue weighted by Gasteiger charge is -2.14. The molecule has 2 atom stereocenters. The number of carbonyl (C=O) groups excluding carboxylic acids is 2. The lowest BCUT2D eigenvalue weighted by Crippen LogP contribution is -2.32. The maximum atomic E-state index is 12.5. The summed E-state index contributed by atoms with van der Waals surface area (Å²) in [6.45, 7) is 1.19. The lowest BCUT2D eigenvalue weighted by molar-refractivity contribution is 0.0858. The zero-order chi connectivity index (χ0) is 19.2. The third-order valence-electron chi connectivity index (χ3n) is 4.38. The summed E-state index contributed by atoms with van der Waals surface area (Å²) in [4.78, 5) is 25.7. The zero-order valence-corrected chi connectivity index (χ0v) is 15.9. The average Bonchev–Trinajstić information content (AvgIpc) is 3.20. The van der Waals surface area contributed by atoms with E-state index in [1.54, 1.807) is 54.8 Å². The van der Waals surface area contributed by atoms with Crippen LogP contribution in [0.3, 0.4) is 0 Å². The van der Waals surface area contributed by atoms with E-state index in [4.69, 9.17) is 4.74 Å². The molecule has 0 saturated carbocycles. The van der Waals surface area contributed by atoms with Crippen LogP contribution in [0, 0.1) is 0 Å². The molecule has 1 heterocycles. The van der Waals surface area contributed by atoms with Gasteiger partial charge in [0.25, 0.3) is 11.8 Å². The Kier molecular flexibility index (Phi) is 6.36. The Bertz CT molecular complexity index is 845. The van der Waals surface area contributed by atoms with E-state index >= 15 is 0 Å². The van der Waals surface area contributed by atoms with Crippen molar-refractivity contribution in [3.8, 4) is 0 Å². The molecule has 0 bridgehead atoms. The Morgan fingerprint density at radius 1 is 1.11 bits per heavy atom. The van der Waals surface area contributed by atoms with Gasteiger partial charge in [-0.15, -0.1) is 0 Å². The maximum absolute atomic E-state index is 12.5. The van der Waals surface area contributed by atoms with Crippen LogP contribution < -0.4 is 10.6 Å². The Balaban J connectivity index is 1.68. The van der Waals surface area contributed by atoms with Gasteiger partial charge in [-0.05, 0) is 49.2 Å². The monoisotopic (exact) mass is 386 g/mol. The summed E-state index contributed by atoms with van der Waals surface area (Å²) in [6.07, 6.45) is 3.59. The highest BCUT2D eigenvalue weighted by Gasteiger charge is 2.18. The van der Waals surface area contributed by atoms with Gasteiger partial charge in [-0.2, -0.15) is 0 Å². The fraction of sp³-hybridized carbons (Fsp3) is 0.300. The first kappa shape index (κ1) is 19.3. The first-order valence-corrected chi connectivity index (χ1v) is 10.3. The van der Waals surface area contributed by atoms with Crippen LogP contribution in [0.2, 0.25) is 0 Å². The van der Waals surface area contributed by atoms with E-state index in [0.717, 1.165) is 19.4 Å². The van der Waals surface area contributed by atoms with Crippen LogP contribution in [0.25, 0.3) is 0 Å². The molecule has 3 rings (SSSR count). The molecule has 1 fully saturated rings. The van der Waals surface area contributed by atoms with E-state index in [-0.39, 0.29) is 17.9 Å². The van der Waals surface area contributed by atoms with Gasteiger partial charge in [0.2, 0.25) is 0 Å². The molecule has 2 amide bonds. The number of anilines is 1. The van der Waals surface area contributed by atoms with Gasteiger partial charge >= 0.3 is 0 Å². The van der Waals surface area contributed by atoms with Crippen molar-refractivity contribution in [3.63, 3.8) is 0 Å². The summed E-state index contributed by atoms with van der Waals surface area (Å²) in [5.41, 5.74) is 1.27. The van der Waals surface area contributed by atoms with Crippen LogP contribution in [-0.2, 0) is 15.5 Å². The van der Waals surface area contributed by atoms with Gasteiger partial charge in [-0.3, -0.25) is 13.8 Å². The van der Waals surface area contributed by atoms with E-state index in [0.29, 0.717) is 28.3 Å². The smallest absolute Gasteiger partial charge is 0.255 e. The highest BCUT2D eigenvalue weighted by atomic mass is 32.2. The molecule has 1 aliphatic rings. The number of carbonyl (C=O) groups is 2. The van der Waals surface area contributed by atoms with E-state index in [2.05, 4.69) is 10.6 Å². The number of ether oxygens (including phenoxy) is 1. The van der Waals surface area contributed by atoms with Crippen LogP contribution in [-0.4, -0.2) is 41.5 Å². The second-order valence-corrected chi connectivity index (χ2v) is 7.70. The van der Waals surface area contributed by atoms with Crippen molar-refractivity contribution in [3.05, 3.63) is 59.7 Å². The second kappa shape index (κ2) is 8.92. The minimum atomic E-state index is -1.10. The molecule has 2 aromatic carbocycles. The van der Waals surface area contributed by atoms with Crippen LogP contribution in [0.15, 0.2) is 53.4 Å². The molecule has 0 aliphatic carbocycles. The summed E-state index contributed by atoms with van der Waals surface area (Å²) >= 11 is 0. The summed E-state index contributed by atoms with van der Waals surface area (Å²) in [6, 6.07) is 13.4. The average molecular weight is 386 g/mol. The normalized spacial score (nSPS) is 17.3. The molecule has 2 N–H and O–H groups in total. The molecule has 1 saturated heterocycles. The minimum Gasteiger partial charge on any atom is -0.376 e. The highest BCUT2D eigenvalue weighted by Crippen LogP contribution is 2.18. The van der Waals surface area contributed by atoms with Gasteiger partial charge in [-0.1, -0.05) is 12.1 Å². The standard InChI is InChI=1S/C20H22N2O4S/c1-27(25)16-10-8-14(9-11-16)19(23)22-18-7-3-2-6-17(18)20(24)21-13-15-5-4-12-26-15/h2-3,6-11,15H,4-5,12-13H2,1H3,(H,21,24)(H,22,23). The van der Waals surface area contributed by atoms with Crippen LogP contribution >= 0.6 is 0 Å². The van der Waals surface area contributed by atoms with E-state index in [9.17, 15) is 13.8 Å². The molecule has 6 nitrogen and oxygen atoms in total. The summed E-state index contributed by atoms with van der Waals surface area (Å²) in [5, 5.41) is 5.64. The number of nitrogens with one attached hydrogen (secondary N) is 2. The quantitative estimate of drug-likeness (QED) is 0.799. The molecular weight excluding hydrogens is 364 g/mol. The lowest BCUT2D eigenvalue weighted by atomic mass is 10.1. The van der Waals surface area contributed by atoms with Crippen molar-refractivity contribution < 1.29 is 18.5 Å². The van der Waals surface area contributed by atoms with E-state index < -0.39 is 10.8 Å². The minimum absolute atomic E-state index is 0.0540. The fourth-order valence-corrected chi connectivity index (χ4v) is 3.41. The number of amides is 2. The Morgan fingerprint density at radius 3 is 2.52 bits per heavy atom. The third kappa shape index (κ3) is 5.02. The maximum Gasteiger partial charge on any atom is 0.255 e. The van der Waals surface area contributed by atoms with Gasteiger partial charge in [0.1, 0.15) is 0 Å². The Morgan fingerprint density at radius 2 is 1.85 bits per heavy atom. The summed E-state index contributed by atoms with van der Waals surface area (Å²) < 4.78 is 17.0. The molecule has 1 aliphatic heterocycles. The predicted molar refractivity (Wildman–Crippen MR) is 104 cm³/mol. The van der Waals surface area contributed by atoms with Crippen molar-refractivity contribution in [2.75, 3.05) is 24.7 Å². The van der Waals surface area contributed by atoms with Crippen LogP contribution in [0.4, 0.5) is 5.69 Å². The van der Waals surface area contributed by atoms with Crippen molar-refractivity contribution in [1.82, 2.24) is 5.32 Å². The Hall–Kier alpha value is -2.51. The topological polar surface area (TPSA) is 84.5 Å². The van der Waals surface area contributed by atoms with Gasteiger partial charge in [0, 0.05) is 40.7 Å². The molecule has 2 aromatic rings. The highest BCUT2D eigenvalue weighted by molar-refractivity contribution is 7.84. The molecule has 27 heavy (non-hydrogen) atoms. The number of hydrogen-bond acceptors (Lipinski definition) is 4. The summed E-state index contributed by atoms with van der Waals surface area (Å²) in [7, 11) is -1.10.